The Labute approximate surface area is 127 Å². The molecular formula is C14H16ClN2O2S+. The Morgan fingerprint density at radius 3 is 2.45 bits per heavy atom. The van der Waals surface area contributed by atoms with Crippen LogP contribution in [0.5, 0.6) is 0 Å². The van der Waals surface area contributed by atoms with E-state index in [1.54, 1.807) is 24.3 Å². The number of hydrogen-bond donors (Lipinski definition) is 1. The number of imide groups is 1. The molecule has 20 heavy (non-hydrogen) atoms. The van der Waals surface area contributed by atoms with Crippen molar-refractivity contribution in [2.75, 3.05) is 29.5 Å². The van der Waals surface area contributed by atoms with E-state index >= 15 is 0 Å². The number of carbonyl (C=O) groups is 2. The van der Waals surface area contributed by atoms with Crippen molar-refractivity contribution >= 4 is 40.9 Å². The van der Waals surface area contributed by atoms with Crippen LogP contribution in [0.15, 0.2) is 24.3 Å². The standard InChI is InChI=1S/C14H15ClN2O2S/c15-10-1-3-11(4-2-10)17-13(18)9-12(14(17)19)16-5-7-20-8-6-16/h1-4,12H,5-9H2/p+1/t12-/m1/s1. The minimum Gasteiger partial charge on any atom is -0.323 e. The molecule has 0 aliphatic carbocycles. The molecule has 0 radical (unpaired) electrons. The van der Waals surface area contributed by atoms with E-state index in [0.717, 1.165) is 24.6 Å². The lowest BCUT2D eigenvalue weighted by atomic mass is 10.2. The highest BCUT2D eigenvalue weighted by atomic mass is 35.5. The topological polar surface area (TPSA) is 41.8 Å². The van der Waals surface area contributed by atoms with E-state index in [-0.39, 0.29) is 17.9 Å². The van der Waals surface area contributed by atoms with Crippen molar-refractivity contribution in [1.29, 1.82) is 0 Å². The molecule has 2 aliphatic rings. The SMILES string of the molecule is O=C1C[C@@H]([NH+]2CCSCC2)C(=O)N1c1ccc(Cl)cc1. The van der Waals surface area contributed by atoms with Gasteiger partial charge in [-0.2, -0.15) is 11.8 Å². The van der Waals surface area contributed by atoms with Gasteiger partial charge in [-0.05, 0) is 24.3 Å². The van der Waals surface area contributed by atoms with Crippen molar-refractivity contribution in [2.45, 2.75) is 12.5 Å². The van der Waals surface area contributed by atoms with Gasteiger partial charge < -0.3 is 4.90 Å². The van der Waals surface area contributed by atoms with Crippen molar-refractivity contribution in [3.8, 4) is 0 Å². The molecule has 1 atom stereocenters. The highest BCUT2D eigenvalue weighted by molar-refractivity contribution is 7.99. The van der Waals surface area contributed by atoms with E-state index in [9.17, 15) is 9.59 Å². The van der Waals surface area contributed by atoms with Crippen molar-refractivity contribution in [3.63, 3.8) is 0 Å². The molecule has 106 valence electrons. The smallest absolute Gasteiger partial charge is 0.292 e. The second kappa shape index (κ2) is 5.76. The van der Waals surface area contributed by atoms with Gasteiger partial charge in [-0.15, -0.1) is 0 Å². The third-order valence-electron chi connectivity index (χ3n) is 3.86. The first kappa shape index (κ1) is 13.9. The molecule has 1 aromatic rings. The van der Waals surface area contributed by atoms with Crippen LogP contribution in [0.2, 0.25) is 5.02 Å². The number of nitrogens with zero attached hydrogens (tertiary/aromatic N) is 1. The first-order valence-corrected chi connectivity index (χ1v) is 8.25. The summed E-state index contributed by atoms with van der Waals surface area (Å²) in [6.07, 6.45) is 0.321. The van der Waals surface area contributed by atoms with Gasteiger partial charge in [-0.3, -0.25) is 9.59 Å². The van der Waals surface area contributed by atoms with Crippen molar-refractivity contribution < 1.29 is 14.5 Å². The number of quaternary nitrogens is 1. The molecule has 3 rings (SSSR count). The average molecular weight is 312 g/mol. The summed E-state index contributed by atoms with van der Waals surface area (Å²) in [6, 6.07) is 6.65. The number of anilines is 1. The van der Waals surface area contributed by atoms with Crippen LogP contribution < -0.4 is 9.80 Å². The van der Waals surface area contributed by atoms with Crippen LogP contribution in [-0.4, -0.2) is 42.5 Å². The Bertz CT molecular complexity index is 528. The molecule has 0 unspecified atom stereocenters. The third-order valence-corrected chi connectivity index (χ3v) is 5.10. The van der Waals surface area contributed by atoms with Crippen molar-refractivity contribution in [3.05, 3.63) is 29.3 Å². The lowest BCUT2D eigenvalue weighted by Crippen LogP contribution is -3.18. The highest BCUT2D eigenvalue weighted by Crippen LogP contribution is 2.23. The van der Waals surface area contributed by atoms with Gasteiger partial charge in [0.25, 0.3) is 5.91 Å². The fourth-order valence-corrected chi connectivity index (χ4v) is 3.94. The Hall–Kier alpha value is -1.04. The molecule has 2 fully saturated rings. The summed E-state index contributed by atoms with van der Waals surface area (Å²) < 4.78 is 0. The Morgan fingerprint density at radius 2 is 1.80 bits per heavy atom. The largest absolute Gasteiger partial charge is 0.323 e. The number of thioether (sulfide) groups is 1. The van der Waals surface area contributed by atoms with Crippen molar-refractivity contribution in [1.82, 2.24) is 0 Å². The van der Waals surface area contributed by atoms with Crippen molar-refractivity contribution in [2.24, 2.45) is 0 Å². The minimum absolute atomic E-state index is 0.0702. The predicted molar refractivity (Wildman–Crippen MR) is 80.4 cm³/mol. The molecule has 1 aromatic carbocycles. The van der Waals surface area contributed by atoms with Gasteiger partial charge in [0.15, 0.2) is 6.04 Å². The molecule has 1 N–H and O–H groups in total. The molecule has 0 aromatic heterocycles. The zero-order valence-electron chi connectivity index (χ0n) is 11.0. The van der Waals surface area contributed by atoms with Gasteiger partial charge in [-0.25, -0.2) is 4.90 Å². The van der Waals surface area contributed by atoms with E-state index in [2.05, 4.69) is 0 Å². The number of rotatable bonds is 2. The Balaban J connectivity index is 1.81. The number of carbonyl (C=O) groups excluding carboxylic acids is 2. The fraction of sp³-hybridized carbons (Fsp3) is 0.429. The lowest BCUT2D eigenvalue weighted by molar-refractivity contribution is -0.911. The number of amides is 2. The maximum absolute atomic E-state index is 12.5. The zero-order chi connectivity index (χ0) is 14.1. The van der Waals surface area contributed by atoms with Crippen LogP contribution in [0, 0.1) is 0 Å². The molecule has 0 spiro atoms. The van der Waals surface area contributed by atoms with Gasteiger partial charge in [0, 0.05) is 16.5 Å². The van der Waals surface area contributed by atoms with Gasteiger partial charge in [-0.1, -0.05) is 11.6 Å². The maximum atomic E-state index is 12.5. The number of benzene rings is 1. The third kappa shape index (κ3) is 2.57. The van der Waals surface area contributed by atoms with E-state index in [1.165, 1.54) is 9.80 Å². The van der Waals surface area contributed by atoms with Gasteiger partial charge >= 0.3 is 0 Å². The van der Waals surface area contributed by atoms with Crippen LogP contribution in [0.1, 0.15) is 6.42 Å². The summed E-state index contributed by atoms with van der Waals surface area (Å²) in [7, 11) is 0. The van der Waals surface area contributed by atoms with E-state index in [1.807, 2.05) is 11.8 Å². The van der Waals surface area contributed by atoms with E-state index < -0.39 is 0 Å². The summed E-state index contributed by atoms with van der Waals surface area (Å²) >= 11 is 7.76. The summed E-state index contributed by atoms with van der Waals surface area (Å²) in [4.78, 5) is 27.3. The van der Waals surface area contributed by atoms with Gasteiger partial charge in [0.05, 0.1) is 25.2 Å². The van der Waals surface area contributed by atoms with Crippen LogP contribution in [-0.2, 0) is 9.59 Å². The molecule has 6 heteroatoms. The van der Waals surface area contributed by atoms with Gasteiger partial charge in [0.1, 0.15) is 0 Å². The summed E-state index contributed by atoms with van der Waals surface area (Å²) in [5.74, 6) is 1.95. The number of halogens is 1. The van der Waals surface area contributed by atoms with Crippen LogP contribution in [0.3, 0.4) is 0 Å². The van der Waals surface area contributed by atoms with Crippen LogP contribution in [0.4, 0.5) is 5.69 Å². The molecule has 2 saturated heterocycles. The fourth-order valence-electron chi connectivity index (χ4n) is 2.79. The molecule has 0 saturated carbocycles. The molecular weight excluding hydrogens is 296 g/mol. The number of nitrogens with one attached hydrogen (secondary N) is 1. The normalized spacial score (nSPS) is 24.4. The average Bonchev–Trinajstić information content (AvgIpc) is 2.76. The molecule has 2 amide bonds. The first-order chi connectivity index (χ1) is 9.66. The summed E-state index contributed by atoms with van der Waals surface area (Å²) in [5.41, 5.74) is 0.623. The monoisotopic (exact) mass is 311 g/mol. The zero-order valence-corrected chi connectivity index (χ0v) is 12.5. The minimum atomic E-state index is -0.209. The highest BCUT2D eigenvalue weighted by Gasteiger charge is 2.45. The molecule has 2 aliphatic heterocycles. The van der Waals surface area contributed by atoms with E-state index in [0.29, 0.717) is 17.1 Å². The first-order valence-electron chi connectivity index (χ1n) is 6.71. The molecule has 2 heterocycles. The lowest BCUT2D eigenvalue weighted by Gasteiger charge is -2.27. The molecule has 0 bridgehead atoms. The maximum Gasteiger partial charge on any atom is 0.292 e. The summed E-state index contributed by atoms with van der Waals surface area (Å²) in [5, 5.41) is 0.600. The number of hydrogen-bond acceptors (Lipinski definition) is 3. The quantitative estimate of drug-likeness (QED) is 0.814. The Morgan fingerprint density at radius 1 is 1.15 bits per heavy atom. The molecule has 4 nitrogen and oxygen atoms in total. The van der Waals surface area contributed by atoms with E-state index in [4.69, 9.17) is 11.6 Å². The second-order valence-electron chi connectivity index (χ2n) is 5.07. The Kier molecular flexibility index (Phi) is 4.01. The van der Waals surface area contributed by atoms with Crippen LogP contribution >= 0.6 is 23.4 Å². The van der Waals surface area contributed by atoms with Crippen LogP contribution in [0.25, 0.3) is 0 Å². The summed E-state index contributed by atoms with van der Waals surface area (Å²) in [6.45, 7) is 1.92. The second-order valence-corrected chi connectivity index (χ2v) is 6.73. The van der Waals surface area contributed by atoms with Gasteiger partial charge in [0.2, 0.25) is 5.91 Å². The predicted octanol–water partition coefficient (Wildman–Crippen LogP) is 0.604.